The van der Waals surface area contributed by atoms with Gasteiger partial charge in [0.15, 0.2) is 0 Å². The predicted octanol–water partition coefficient (Wildman–Crippen LogP) is 5.43. The summed E-state index contributed by atoms with van der Waals surface area (Å²) in [7, 11) is 0. The first kappa shape index (κ1) is 22.4. The third-order valence-corrected chi connectivity index (χ3v) is 5.85. The van der Waals surface area contributed by atoms with E-state index in [1.54, 1.807) is 30.3 Å². The van der Waals surface area contributed by atoms with Crippen LogP contribution < -0.4 is 10.1 Å². The highest BCUT2D eigenvalue weighted by molar-refractivity contribution is 8.18. The van der Waals surface area contributed by atoms with E-state index < -0.39 is 17.1 Å². The molecule has 0 aromatic heterocycles. The van der Waals surface area contributed by atoms with Crippen LogP contribution in [0.2, 0.25) is 0 Å². The molecule has 1 saturated heterocycles. The maximum atomic E-state index is 12.7. The molecule has 1 fully saturated rings. The van der Waals surface area contributed by atoms with Gasteiger partial charge < -0.3 is 10.1 Å². The number of hydrogen-bond acceptors (Lipinski definition) is 5. The van der Waals surface area contributed by atoms with Crippen molar-refractivity contribution in [3.8, 4) is 16.9 Å². The van der Waals surface area contributed by atoms with E-state index in [1.807, 2.05) is 61.5 Å². The largest absolute Gasteiger partial charge is 0.494 e. The van der Waals surface area contributed by atoms with E-state index in [9.17, 15) is 14.4 Å². The number of anilines is 1. The van der Waals surface area contributed by atoms with Gasteiger partial charge >= 0.3 is 0 Å². The van der Waals surface area contributed by atoms with Crippen LogP contribution in [0.3, 0.4) is 0 Å². The number of nitrogens with zero attached hydrogens (tertiary/aromatic N) is 1. The summed E-state index contributed by atoms with van der Waals surface area (Å²) in [5.74, 6) is -0.225. The van der Waals surface area contributed by atoms with Crippen LogP contribution in [0.15, 0.2) is 83.8 Å². The zero-order chi connectivity index (χ0) is 23.2. The molecule has 0 saturated carbocycles. The van der Waals surface area contributed by atoms with Gasteiger partial charge in [0.05, 0.1) is 11.5 Å². The molecule has 3 amide bonds. The highest BCUT2D eigenvalue weighted by atomic mass is 32.2. The minimum atomic E-state index is -0.473. The Labute approximate surface area is 196 Å². The summed E-state index contributed by atoms with van der Waals surface area (Å²) in [5.41, 5.74) is 3.53. The van der Waals surface area contributed by atoms with Gasteiger partial charge in [0.1, 0.15) is 12.3 Å². The Balaban J connectivity index is 1.39. The molecule has 0 bridgehead atoms. The maximum Gasteiger partial charge on any atom is 0.294 e. The molecule has 1 aliphatic rings. The van der Waals surface area contributed by atoms with Gasteiger partial charge in [-0.2, -0.15) is 0 Å². The van der Waals surface area contributed by atoms with Gasteiger partial charge in [0, 0.05) is 5.69 Å². The highest BCUT2D eigenvalue weighted by Crippen LogP contribution is 2.32. The van der Waals surface area contributed by atoms with Crippen LogP contribution in [0.25, 0.3) is 17.2 Å². The Hall–Kier alpha value is -3.84. The first-order valence-corrected chi connectivity index (χ1v) is 11.3. The molecule has 1 aliphatic heterocycles. The number of benzene rings is 3. The van der Waals surface area contributed by atoms with Crippen LogP contribution in [-0.4, -0.2) is 35.1 Å². The monoisotopic (exact) mass is 458 g/mol. The molecule has 166 valence electrons. The van der Waals surface area contributed by atoms with E-state index in [0.29, 0.717) is 22.9 Å². The van der Waals surface area contributed by atoms with E-state index in [0.717, 1.165) is 33.4 Å². The topological polar surface area (TPSA) is 75.7 Å². The van der Waals surface area contributed by atoms with E-state index in [2.05, 4.69) is 5.32 Å². The van der Waals surface area contributed by atoms with Crippen LogP contribution >= 0.6 is 11.8 Å². The van der Waals surface area contributed by atoms with E-state index >= 15 is 0 Å². The van der Waals surface area contributed by atoms with Gasteiger partial charge in [-0.3, -0.25) is 19.3 Å². The van der Waals surface area contributed by atoms with Gasteiger partial charge in [-0.05, 0) is 65.7 Å². The fourth-order valence-electron chi connectivity index (χ4n) is 3.34. The molecule has 1 N–H and O–H groups in total. The third kappa shape index (κ3) is 5.51. The van der Waals surface area contributed by atoms with Crippen molar-refractivity contribution in [2.75, 3.05) is 18.5 Å². The van der Waals surface area contributed by atoms with Gasteiger partial charge in [0.25, 0.3) is 11.1 Å². The molecule has 33 heavy (non-hydrogen) atoms. The second-order valence-electron chi connectivity index (χ2n) is 7.26. The maximum absolute atomic E-state index is 12.7. The number of hydrogen-bond donors (Lipinski definition) is 1. The molecule has 3 aromatic carbocycles. The molecule has 1 heterocycles. The van der Waals surface area contributed by atoms with Crippen LogP contribution in [-0.2, 0) is 9.59 Å². The molecule has 4 rings (SSSR count). The Morgan fingerprint density at radius 3 is 2.27 bits per heavy atom. The Kier molecular flexibility index (Phi) is 6.90. The molecular formula is C26H22N2O4S. The number of rotatable bonds is 7. The summed E-state index contributed by atoms with van der Waals surface area (Å²) in [5, 5.41) is 2.23. The second kappa shape index (κ2) is 10.2. The normalized spacial score (nSPS) is 14.6. The average molecular weight is 459 g/mol. The number of nitrogens with one attached hydrogen (secondary N) is 1. The summed E-state index contributed by atoms with van der Waals surface area (Å²) in [6.07, 6.45) is 1.67. The quantitative estimate of drug-likeness (QED) is 0.478. The summed E-state index contributed by atoms with van der Waals surface area (Å²) >= 11 is 0.835. The first-order valence-electron chi connectivity index (χ1n) is 10.5. The number of amides is 3. The fourth-order valence-corrected chi connectivity index (χ4v) is 4.17. The molecule has 7 heteroatoms. The number of imide groups is 1. The van der Waals surface area contributed by atoms with Crippen molar-refractivity contribution in [3.05, 3.63) is 89.3 Å². The van der Waals surface area contributed by atoms with E-state index in [4.69, 9.17) is 4.74 Å². The smallest absolute Gasteiger partial charge is 0.294 e. The number of ether oxygens (including phenoxy) is 1. The van der Waals surface area contributed by atoms with Crippen molar-refractivity contribution in [2.45, 2.75) is 6.92 Å². The van der Waals surface area contributed by atoms with Crippen LogP contribution in [0.4, 0.5) is 10.5 Å². The lowest BCUT2D eigenvalue weighted by Crippen LogP contribution is -2.36. The summed E-state index contributed by atoms with van der Waals surface area (Å²) < 4.78 is 5.37. The number of thioether (sulfide) groups is 1. The van der Waals surface area contributed by atoms with Crippen molar-refractivity contribution in [1.29, 1.82) is 0 Å². The van der Waals surface area contributed by atoms with Crippen LogP contribution in [0, 0.1) is 0 Å². The van der Waals surface area contributed by atoms with Crippen molar-refractivity contribution >= 4 is 40.6 Å². The lowest BCUT2D eigenvalue weighted by molar-refractivity contribution is -0.127. The standard InChI is InChI=1S/C26H22N2O4S/c1-2-32-22-14-12-21(13-15-22)27-24(29)17-28-25(30)23(33-26(28)31)16-18-8-10-20(11-9-18)19-6-4-3-5-7-19/h3-16H,2,17H2,1H3,(H,27,29)/b23-16+. The van der Waals surface area contributed by atoms with Gasteiger partial charge in [-0.25, -0.2) is 0 Å². The highest BCUT2D eigenvalue weighted by Gasteiger charge is 2.36. The molecule has 0 radical (unpaired) electrons. The molecule has 3 aromatic rings. The lowest BCUT2D eigenvalue weighted by Gasteiger charge is -2.12. The molecule has 0 aliphatic carbocycles. The Morgan fingerprint density at radius 1 is 0.939 bits per heavy atom. The minimum absolute atomic E-state index is 0.293. The Morgan fingerprint density at radius 2 is 1.61 bits per heavy atom. The van der Waals surface area contributed by atoms with E-state index in [-0.39, 0.29) is 6.54 Å². The zero-order valence-electron chi connectivity index (χ0n) is 18.0. The predicted molar refractivity (Wildman–Crippen MR) is 131 cm³/mol. The molecule has 6 nitrogen and oxygen atoms in total. The summed E-state index contributed by atoms with van der Waals surface area (Å²) in [6, 6.07) is 24.6. The molecular weight excluding hydrogens is 436 g/mol. The molecule has 0 spiro atoms. The SMILES string of the molecule is CCOc1ccc(NC(=O)CN2C(=O)S/C(=C/c3ccc(-c4ccccc4)cc3)C2=O)cc1. The lowest BCUT2D eigenvalue weighted by atomic mass is 10.0. The average Bonchev–Trinajstić information content (AvgIpc) is 3.09. The van der Waals surface area contributed by atoms with Crippen molar-refractivity contribution in [1.82, 2.24) is 4.90 Å². The van der Waals surface area contributed by atoms with Gasteiger partial charge in [0.2, 0.25) is 5.91 Å². The zero-order valence-corrected chi connectivity index (χ0v) is 18.8. The van der Waals surface area contributed by atoms with Crippen LogP contribution in [0.5, 0.6) is 5.75 Å². The summed E-state index contributed by atoms with van der Waals surface area (Å²) in [6.45, 7) is 2.10. The minimum Gasteiger partial charge on any atom is -0.494 e. The molecule has 0 unspecified atom stereocenters. The van der Waals surface area contributed by atoms with Crippen LogP contribution in [0.1, 0.15) is 12.5 Å². The van der Waals surface area contributed by atoms with Crippen molar-refractivity contribution < 1.29 is 19.1 Å². The fraction of sp³-hybridized carbons (Fsp3) is 0.115. The third-order valence-electron chi connectivity index (χ3n) is 4.94. The van der Waals surface area contributed by atoms with Crippen molar-refractivity contribution in [2.24, 2.45) is 0 Å². The van der Waals surface area contributed by atoms with Crippen molar-refractivity contribution in [3.63, 3.8) is 0 Å². The van der Waals surface area contributed by atoms with Gasteiger partial charge in [-0.15, -0.1) is 0 Å². The Bertz CT molecular complexity index is 1190. The molecule has 0 atom stereocenters. The van der Waals surface area contributed by atoms with E-state index in [1.165, 1.54) is 0 Å². The van der Waals surface area contributed by atoms with Gasteiger partial charge in [-0.1, -0.05) is 54.6 Å². The number of carbonyl (C=O) groups excluding carboxylic acids is 3. The first-order chi connectivity index (χ1) is 16.0. The second-order valence-corrected chi connectivity index (χ2v) is 8.25. The number of carbonyl (C=O) groups is 3. The summed E-state index contributed by atoms with van der Waals surface area (Å²) in [4.78, 5) is 38.7.